The molecule has 1 aliphatic heterocycles. The van der Waals surface area contributed by atoms with E-state index in [9.17, 15) is 9.18 Å². The van der Waals surface area contributed by atoms with Crippen LogP contribution in [0.4, 0.5) is 20.0 Å². The molecular weight excluding hydrogens is 353 g/mol. The summed E-state index contributed by atoms with van der Waals surface area (Å²) in [6, 6.07) is 9.47. The Morgan fingerprint density at radius 1 is 1.12 bits per heavy atom. The summed E-state index contributed by atoms with van der Waals surface area (Å²) in [6.45, 7) is 2.85. The lowest BCUT2D eigenvalue weighted by atomic mass is 10.3. The van der Waals surface area contributed by atoms with Crippen molar-refractivity contribution >= 4 is 38.5 Å². The standard InChI is InChI=1S/C18H18FN5OS/c19-13-4-6-14(7-5-13)21-17(25)23-9-2-10-24(12-11-23)18-22-15-3-1-8-20-16(15)26-18/h1,3-8H,2,9-12H2,(H,21,25). The second-order valence-corrected chi connectivity index (χ2v) is 7.04. The third kappa shape index (κ3) is 3.60. The molecule has 2 amide bonds. The van der Waals surface area contributed by atoms with Crippen LogP contribution in [0.2, 0.25) is 0 Å². The van der Waals surface area contributed by atoms with E-state index in [1.54, 1.807) is 34.6 Å². The van der Waals surface area contributed by atoms with Gasteiger partial charge < -0.3 is 15.1 Å². The van der Waals surface area contributed by atoms with Crippen LogP contribution in [0.15, 0.2) is 42.6 Å². The topological polar surface area (TPSA) is 61.4 Å². The summed E-state index contributed by atoms with van der Waals surface area (Å²) in [6.07, 6.45) is 2.63. The Morgan fingerprint density at radius 2 is 1.96 bits per heavy atom. The predicted octanol–water partition coefficient (Wildman–Crippen LogP) is 3.57. The fourth-order valence-corrected chi connectivity index (χ4v) is 3.90. The molecule has 0 saturated carbocycles. The van der Waals surface area contributed by atoms with Gasteiger partial charge in [-0.2, -0.15) is 0 Å². The number of hydrogen-bond acceptors (Lipinski definition) is 5. The van der Waals surface area contributed by atoms with Gasteiger partial charge in [0.15, 0.2) is 5.13 Å². The zero-order valence-electron chi connectivity index (χ0n) is 14.1. The summed E-state index contributed by atoms with van der Waals surface area (Å²) < 4.78 is 13.0. The Kier molecular flexibility index (Phi) is 4.66. The first kappa shape index (κ1) is 16.7. The number of urea groups is 1. The zero-order valence-corrected chi connectivity index (χ0v) is 14.9. The number of benzene rings is 1. The Bertz CT molecular complexity index is 880. The minimum atomic E-state index is -0.321. The number of carbonyl (C=O) groups is 1. The molecular formula is C18H18FN5OS. The number of anilines is 2. The number of thiazole rings is 1. The van der Waals surface area contributed by atoms with Crippen LogP contribution < -0.4 is 10.2 Å². The first-order chi connectivity index (χ1) is 12.7. The van der Waals surface area contributed by atoms with Gasteiger partial charge in [-0.1, -0.05) is 11.3 Å². The van der Waals surface area contributed by atoms with Crippen LogP contribution in [-0.4, -0.2) is 47.1 Å². The third-order valence-corrected chi connectivity index (χ3v) is 5.34. The van der Waals surface area contributed by atoms with Crippen molar-refractivity contribution in [2.75, 3.05) is 36.4 Å². The number of hydrogen-bond donors (Lipinski definition) is 1. The second kappa shape index (κ2) is 7.25. The van der Waals surface area contributed by atoms with Crippen LogP contribution in [0, 0.1) is 5.82 Å². The van der Waals surface area contributed by atoms with E-state index in [0.29, 0.717) is 18.8 Å². The molecule has 0 spiro atoms. The molecule has 26 heavy (non-hydrogen) atoms. The number of pyridine rings is 1. The lowest BCUT2D eigenvalue weighted by molar-refractivity contribution is 0.215. The van der Waals surface area contributed by atoms with Crippen molar-refractivity contribution in [3.05, 3.63) is 48.4 Å². The number of carbonyl (C=O) groups excluding carboxylic acids is 1. The first-order valence-electron chi connectivity index (χ1n) is 8.47. The van der Waals surface area contributed by atoms with Crippen molar-refractivity contribution in [3.8, 4) is 0 Å². The summed E-state index contributed by atoms with van der Waals surface area (Å²) in [5.74, 6) is -0.321. The number of nitrogens with zero attached hydrogens (tertiary/aromatic N) is 4. The number of halogens is 1. The van der Waals surface area contributed by atoms with Crippen LogP contribution in [0.25, 0.3) is 10.3 Å². The minimum absolute atomic E-state index is 0.163. The van der Waals surface area contributed by atoms with Crippen molar-refractivity contribution in [1.29, 1.82) is 0 Å². The van der Waals surface area contributed by atoms with E-state index in [4.69, 9.17) is 0 Å². The number of nitrogens with one attached hydrogen (secondary N) is 1. The maximum atomic E-state index is 13.0. The van der Waals surface area contributed by atoms with E-state index in [-0.39, 0.29) is 11.8 Å². The molecule has 1 saturated heterocycles. The largest absolute Gasteiger partial charge is 0.346 e. The molecule has 8 heteroatoms. The SMILES string of the molecule is O=C(Nc1ccc(F)cc1)N1CCCN(c2nc3cccnc3s2)CC1. The molecule has 3 heterocycles. The van der Waals surface area contributed by atoms with E-state index in [1.807, 2.05) is 12.1 Å². The molecule has 3 aromatic rings. The van der Waals surface area contributed by atoms with Gasteiger partial charge in [0.25, 0.3) is 0 Å². The van der Waals surface area contributed by atoms with Gasteiger partial charge in [-0.25, -0.2) is 19.2 Å². The van der Waals surface area contributed by atoms with Crippen molar-refractivity contribution in [2.24, 2.45) is 0 Å². The molecule has 2 aromatic heterocycles. The number of rotatable bonds is 2. The van der Waals surface area contributed by atoms with Crippen molar-refractivity contribution < 1.29 is 9.18 Å². The molecule has 0 bridgehead atoms. The van der Waals surface area contributed by atoms with Gasteiger partial charge in [0.1, 0.15) is 16.2 Å². The van der Waals surface area contributed by atoms with Crippen LogP contribution in [0.5, 0.6) is 0 Å². The van der Waals surface area contributed by atoms with Gasteiger partial charge in [0.2, 0.25) is 0 Å². The molecule has 0 radical (unpaired) electrons. The van der Waals surface area contributed by atoms with E-state index in [0.717, 1.165) is 35.0 Å². The highest BCUT2D eigenvalue weighted by molar-refractivity contribution is 7.21. The summed E-state index contributed by atoms with van der Waals surface area (Å²) >= 11 is 1.58. The van der Waals surface area contributed by atoms with Gasteiger partial charge in [-0.05, 0) is 42.8 Å². The van der Waals surface area contributed by atoms with Gasteiger partial charge >= 0.3 is 6.03 Å². The number of fused-ring (bicyclic) bond motifs is 1. The van der Waals surface area contributed by atoms with Crippen LogP contribution in [0.3, 0.4) is 0 Å². The predicted molar refractivity (Wildman–Crippen MR) is 101 cm³/mol. The summed E-state index contributed by atoms with van der Waals surface area (Å²) in [4.78, 5) is 26.4. The van der Waals surface area contributed by atoms with Crippen molar-refractivity contribution in [2.45, 2.75) is 6.42 Å². The lowest BCUT2D eigenvalue weighted by Crippen LogP contribution is -2.38. The minimum Gasteiger partial charge on any atom is -0.346 e. The number of aromatic nitrogens is 2. The Balaban J connectivity index is 1.41. The van der Waals surface area contributed by atoms with Gasteiger partial charge in [-0.15, -0.1) is 0 Å². The fraction of sp³-hybridized carbons (Fsp3) is 0.278. The van der Waals surface area contributed by atoms with E-state index in [2.05, 4.69) is 20.2 Å². The zero-order chi connectivity index (χ0) is 17.9. The van der Waals surface area contributed by atoms with Crippen LogP contribution >= 0.6 is 11.3 Å². The average Bonchev–Trinajstić information content (AvgIpc) is 2.92. The van der Waals surface area contributed by atoms with Crippen molar-refractivity contribution in [1.82, 2.24) is 14.9 Å². The highest BCUT2D eigenvalue weighted by Crippen LogP contribution is 2.27. The molecule has 0 aliphatic carbocycles. The monoisotopic (exact) mass is 371 g/mol. The Morgan fingerprint density at radius 3 is 2.77 bits per heavy atom. The molecule has 1 aromatic carbocycles. The lowest BCUT2D eigenvalue weighted by Gasteiger charge is -2.22. The smallest absolute Gasteiger partial charge is 0.321 e. The van der Waals surface area contributed by atoms with E-state index < -0.39 is 0 Å². The second-order valence-electron chi connectivity index (χ2n) is 6.09. The van der Waals surface area contributed by atoms with Crippen LogP contribution in [-0.2, 0) is 0 Å². The van der Waals surface area contributed by atoms with Gasteiger partial charge in [0.05, 0.1) is 0 Å². The summed E-state index contributed by atoms with van der Waals surface area (Å²) in [7, 11) is 0. The van der Waals surface area contributed by atoms with Crippen molar-refractivity contribution in [3.63, 3.8) is 0 Å². The maximum Gasteiger partial charge on any atom is 0.321 e. The van der Waals surface area contributed by atoms with Crippen LogP contribution in [0.1, 0.15) is 6.42 Å². The quantitative estimate of drug-likeness (QED) is 0.748. The molecule has 6 nitrogen and oxygen atoms in total. The highest BCUT2D eigenvalue weighted by atomic mass is 32.1. The highest BCUT2D eigenvalue weighted by Gasteiger charge is 2.21. The Hall–Kier alpha value is -2.74. The molecule has 1 aliphatic rings. The maximum absolute atomic E-state index is 13.0. The molecule has 1 N–H and O–H groups in total. The first-order valence-corrected chi connectivity index (χ1v) is 9.29. The fourth-order valence-electron chi connectivity index (χ4n) is 2.94. The number of amides is 2. The molecule has 4 rings (SSSR count). The third-order valence-electron chi connectivity index (χ3n) is 4.30. The molecule has 0 unspecified atom stereocenters. The Labute approximate surface area is 154 Å². The molecule has 0 atom stereocenters. The van der Waals surface area contributed by atoms with E-state index >= 15 is 0 Å². The van der Waals surface area contributed by atoms with Gasteiger partial charge in [-0.3, -0.25) is 0 Å². The summed E-state index contributed by atoms with van der Waals surface area (Å²) in [5.41, 5.74) is 1.50. The summed E-state index contributed by atoms with van der Waals surface area (Å²) in [5, 5.41) is 3.77. The molecule has 134 valence electrons. The average molecular weight is 371 g/mol. The van der Waals surface area contributed by atoms with Gasteiger partial charge in [0, 0.05) is 38.1 Å². The van der Waals surface area contributed by atoms with E-state index in [1.165, 1.54) is 12.1 Å². The normalized spacial score (nSPS) is 15.1. The molecule has 1 fully saturated rings.